The molecule has 0 aliphatic rings. The largest absolute Gasteiger partial charge is 0.438 e. The lowest BCUT2D eigenvalue weighted by Gasteiger charge is -2.09. The molecular formula is C18H20N4O3S. The third-order valence-electron chi connectivity index (χ3n) is 3.61. The van der Waals surface area contributed by atoms with Gasteiger partial charge in [0.1, 0.15) is 5.75 Å². The van der Waals surface area contributed by atoms with Crippen molar-refractivity contribution in [3.63, 3.8) is 0 Å². The summed E-state index contributed by atoms with van der Waals surface area (Å²) in [7, 11) is -3.31. The Kier molecular flexibility index (Phi) is 5.52. The number of aromatic nitrogens is 3. The van der Waals surface area contributed by atoms with E-state index in [9.17, 15) is 8.42 Å². The van der Waals surface area contributed by atoms with Crippen molar-refractivity contribution in [2.24, 2.45) is 0 Å². The summed E-state index contributed by atoms with van der Waals surface area (Å²) >= 11 is 0. The number of rotatable bonds is 8. The lowest BCUT2D eigenvalue weighted by Crippen LogP contribution is -2.16. The molecule has 2 aromatic heterocycles. The van der Waals surface area contributed by atoms with Crippen LogP contribution in [0, 0.1) is 0 Å². The highest BCUT2D eigenvalue weighted by Gasteiger charge is 2.09. The van der Waals surface area contributed by atoms with Gasteiger partial charge in [-0.2, -0.15) is 0 Å². The monoisotopic (exact) mass is 372 g/mol. The first kappa shape index (κ1) is 17.9. The first-order valence-corrected chi connectivity index (χ1v) is 9.96. The second kappa shape index (κ2) is 8.01. The summed E-state index contributed by atoms with van der Waals surface area (Å²) in [4.78, 5) is 0. The van der Waals surface area contributed by atoms with Crippen molar-refractivity contribution in [1.82, 2.24) is 14.8 Å². The van der Waals surface area contributed by atoms with Gasteiger partial charge in [-0.1, -0.05) is 13.3 Å². The molecule has 0 aliphatic carbocycles. The normalized spacial score (nSPS) is 11.3. The lowest BCUT2D eigenvalue weighted by atomic mass is 10.3. The number of benzene rings is 1. The zero-order chi connectivity index (χ0) is 18.4. The molecule has 0 fully saturated rings. The third kappa shape index (κ3) is 4.82. The fourth-order valence-electron chi connectivity index (χ4n) is 2.27. The number of nitrogens with one attached hydrogen (secondary N) is 1. The molecule has 1 N–H and O–H groups in total. The van der Waals surface area contributed by atoms with Crippen molar-refractivity contribution in [2.75, 3.05) is 10.5 Å². The molecule has 8 heteroatoms. The quantitative estimate of drug-likeness (QED) is 0.653. The summed E-state index contributed by atoms with van der Waals surface area (Å²) in [6.07, 6.45) is 5.22. The van der Waals surface area contributed by atoms with Crippen LogP contribution >= 0.6 is 0 Å². The first-order chi connectivity index (χ1) is 12.6. The average molecular weight is 372 g/mol. The van der Waals surface area contributed by atoms with E-state index in [0.717, 1.165) is 6.42 Å². The van der Waals surface area contributed by atoms with E-state index in [-0.39, 0.29) is 5.75 Å². The number of anilines is 1. The highest BCUT2D eigenvalue weighted by Crippen LogP contribution is 2.22. The third-order valence-corrected chi connectivity index (χ3v) is 4.98. The topological polar surface area (TPSA) is 86.1 Å². The van der Waals surface area contributed by atoms with Crippen LogP contribution in [0.15, 0.2) is 60.9 Å². The summed E-state index contributed by atoms with van der Waals surface area (Å²) in [5.74, 6) is 1.71. The molecule has 3 aromatic rings. The van der Waals surface area contributed by atoms with E-state index in [2.05, 4.69) is 14.9 Å². The van der Waals surface area contributed by atoms with Crippen molar-refractivity contribution >= 4 is 15.7 Å². The van der Waals surface area contributed by atoms with Crippen molar-refractivity contribution in [3.8, 4) is 17.4 Å². The SMILES string of the molecule is CCCCS(=O)(=O)Nc1ccc(Oc2ccc(-n3cccc3)nn2)cc1. The van der Waals surface area contributed by atoms with Crippen LogP contribution in [0.2, 0.25) is 0 Å². The number of nitrogens with zero attached hydrogens (tertiary/aromatic N) is 3. The van der Waals surface area contributed by atoms with Crippen LogP contribution in [-0.2, 0) is 10.0 Å². The molecule has 7 nitrogen and oxygen atoms in total. The van der Waals surface area contributed by atoms with Crippen LogP contribution in [0.1, 0.15) is 19.8 Å². The van der Waals surface area contributed by atoms with E-state index in [1.807, 2.05) is 36.0 Å². The smallest absolute Gasteiger partial charge is 0.238 e. The maximum atomic E-state index is 11.9. The van der Waals surface area contributed by atoms with Crippen molar-refractivity contribution in [2.45, 2.75) is 19.8 Å². The summed E-state index contributed by atoms with van der Waals surface area (Å²) in [6.45, 7) is 1.95. The van der Waals surface area contributed by atoms with Crippen molar-refractivity contribution in [3.05, 3.63) is 60.9 Å². The number of unbranched alkanes of at least 4 members (excludes halogenated alkanes) is 1. The van der Waals surface area contributed by atoms with Gasteiger partial charge in [0.05, 0.1) is 5.75 Å². The Morgan fingerprint density at radius 3 is 2.38 bits per heavy atom. The van der Waals surface area contributed by atoms with Gasteiger partial charge in [-0.3, -0.25) is 4.72 Å². The van der Waals surface area contributed by atoms with Crippen LogP contribution < -0.4 is 9.46 Å². The predicted molar refractivity (Wildman–Crippen MR) is 100 cm³/mol. The molecule has 0 radical (unpaired) electrons. The van der Waals surface area contributed by atoms with Crippen molar-refractivity contribution in [1.29, 1.82) is 0 Å². The minimum absolute atomic E-state index is 0.116. The average Bonchev–Trinajstić information content (AvgIpc) is 3.17. The molecule has 2 heterocycles. The molecular weight excluding hydrogens is 352 g/mol. The Hall–Kier alpha value is -2.87. The number of ether oxygens (including phenoxy) is 1. The van der Waals surface area contributed by atoms with E-state index in [1.54, 1.807) is 36.4 Å². The molecule has 0 bridgehead atoms. The molecule has 0 saturated carbocycles. The Balaban J connectivity index is 1.62. The van der Waals surface area contributed by atoms with Gasteiger partial charge in [0.2, 0.25) is 15.9 Å². The molecule has 0 spiro atoms. The van der Waals surface area contributed by atoms with Gasteiger partial charge >= 0.3 is 0 Å². The zero-order valence-corrected chi connectivity index (χ0v) is 15.2. The van der Waals surface area contributed by atoms with E-state index in [1.165, 1.54) is 0 Å². The molecule has 3 rings (SSSR count). The van der Waals surface area contributed by atoms with E-state index in [4.69, 9.17) is 4.74 Å². The summed E-state index contributed by atoms with van der Waals surface area (Å²) in [6, 6.07) is 14.0. The Labute approximate surface area is 152 Å². The van der Waals surface area contributed by atoms with E-state index in [0.29, 0.717) is 29.6 Å². The molecule has 136 valence electrons. The Morgan fingerprint density at radius 1 is 1.04 bits per heavy atom. The Bertz CT molecular complexity index is 922. The maximum Gasteiger partial charge on any atom is 0.238 e. The van der Waals surface area contributed by atoms with Crippen LogP contribution in [0.25, 0.3) is 5.82 Å². The fourth-order valence-corrected chi connectivity index (χ4v) is 3.54. The number of hydrogen-bond acceptors (Lipinski definition) is 5. The summed E-state index contributed by atoms with van der Waals surface area (Å²) in [5.41, 5.74) is 0.502. The number of sulfonamides is 1. The summed E-state index contributed by atoms with van der Waals surface area (Å²) < 4.78 is 33.8. The number of hydrogen-bond donors (Lipinski definition) is 1. The standard InChI is InChI=1S/C18H20N4O3S/c1-2-3-14-26(23,24)21-15-6-8-16(9-7-15)25-18-11-10-17(19-20-18)22-12-4-5-13-22/h4-13,21H,2-3,14H2,1H3. The van der Waals surface area contributed by atoms with Gasteiger partial charge < -0.3 is 9.30 Å². The molecule has 0 unspecified atom stereocenters. The molecule has 1 aromatic carbocycles. The van der Waals surface area contributed by atoms with Gasteiger partial charge in [-0.25, -0.2) is 8.42 Å². The van der Waals surface area contributed by atoms with E-state index < -0.39 is 10.0 Å². The van der Waals surface area contributed by atoms with E-state index >= 15 is 0 Å². The van der Waals surface area contributed by atoms with Crippen LogP contribution in [0.5, 0.6) is 11.6 Å². The van der Waals surface area contributed by atoms with Crippen LogP contribution in [0.4, 0.5) is 5.69 Å². The molecule has 0 saturated heterocycles. The highest BCUT2D eigenvalue weighted by atomic mass is 32.2. The molecule has 0 aliphatic heterocycles. The second-order valence-corrected chi connectivity index (χ2v) is 7.56. The van der Waals surface area contributed by atoms with Crippen LogP contribution in [-0.4, -0.2) is 28.9 Å². The first-order valence-electron chi connectivity index (χ1n) is 8.31. The highest BCUT2D eigenvalue weighted by molar-refractivity contribution is 7.92. The molecule has 0 atom stereocenters. The summed E-state index contributed by atoms with van der Waals surface area (Å²) in [5, 5.41) is 8.15. The minimum atomic E-state index is -3.31. The fraction of sp³-hybridized carbons (Fsp3) is 0.222. The second-order valence-electron chi connectivity index (χ2n) is 5.72. The maximum absolute atomic E-state index is 11.9. The van der Waals surface area contributed by atoms with Crippen LogP contribution in [0.3, 0.4) is 0 Å². The molecule has 26 heavy (non-hydrogen) atoms. The molecule has 0 amide bonds. The predicted octanol–water partition coefficient (Wildman–Crippen LogP) is 3.60. The minimum Gasteiger partial charge on any atom is -0.438 e. The zero-order valence-electron chi connectivity index (χ0n) is 14.4. The lowest BCUT2D eigenvalue weighted by molar-refractivity contribution is 0.454. The van der Waals surface area contributed by atoms with Crippen molar-refractivity contribution < 1.29 is 13.2 Å². The van der Waals surface area contributed by atoms with Gasteiger partial charge in [0.15, 0.2) is 5.82 Å². The Morgan fingerprint density at radius 2 is 1.77 bits per heavy atom. The van der Waals surface area contributed by atoms with Gasteiger partial charge in [0.25, 0.3) is 0 Å². The van der Waals surface area contributed by atoms with Gasteiger partial charge in [0, 0.05) is 24.1 Å². The van der Waals surface area contributed by atoms with Gasteiger partial charge in [-0.15, -0.1) is 10.2 Å². The van der Waals surface area contributed by atoms with Gasteiger partial charge in [-0.05, 0) is 48.9 Å².